The number of aromatic nitrogens is 3. The van der Waals surface area contributed by atoms with Crippen LogP contribution >= 0.6 is 12.2 Å². The minimum Gasteiger partial charge on any atom is -0.493 e. The Labute approximate surface area is 117 Å². The van der Waals surface area contributed by atoms with Crippen LogP contribution in [0, 0.1) is 11.7 Å². The summed E-state index contributed by atoms with van der Waals surface area (Å²) in [5.41, 5.74) is 4.33. The van der Waals surface area contributed by atoms with Crippen LogP contribution in [0.4, 0.5) is 0 Å². The predicted octanol–water partition coefficient (Wildman–Crippen LogP) is 2.78. The van der Waals surface area contributed by atoms with Crippen molar-refractivity contribution in [3.05, 3.63) is 40.4 Å². The first-order valence-electron chi connectivity index (χ1n) is 6.31. The Morgan fingerprint density at radius 2 is 2.21 bits per heavy atom. The molecule has 0 aliphatic rings. The van der Waals surface area contributed by atoms with E-state index in [1.165, 1.54) is 0 Å². The molecule has 0 saturated heterocycles. The Morgan fingerprint density at radius 3 is 2.89 bits per heavy atom. The summed E-state index contributed by atoms with van der Waals surface area (Å²) in [5, 5.41) is 6.80. The van der Waals surface area contributed by atoms with E-state index in [0.29, 0.717) is 11.3 Å². The van der Waals surface area contributed by atoms with Crippen molar-refractivity contribution in [3.63, 3.8) is 0 Å². The molecule has 2 N–H and O–H groups in total. The lowest BCUT2D eigenvalue weighted by atomic mass is 10.2. The topological polar surface area (TPSA) is 54.9 Å². The summed E-state index contributed by atoms with van der Waals surface area (Å²) < 4.78 is 8.03. The molecule has 0 bridgehead atoms. The molecule has 6 heteroatoms. The Kier molecular flexibility index (Phi) is 4.57. The van der Waals surface area contributed by atoms with Crippen molar-refractivity contribution in [2.24, 2.45) is 0 Å². The maximum Gasteiger partial charge on any atom is 0.214 e. The Hall–Kier alpha value is -1.82. The zero-order valence-electron chi connectivity index (χ0n) is 11.1. The average molecular weight is 278 g/mol. The highest BCUT2D eigenvalue weighted by atomic mass is 32.1. The van der Waals surface area contributed by atoms with Gasteiger partial charge in [-0.3, -0.25) is 5.10 Å². The smallest absolute Gasteiger partial charge is 0.214 e. The molecule has 0 fully saturated rings. The average Bonchev–Trinajstić information content (AvgIpc) is 2.74. The quantitative estimate of drug-likeness (QED) is 0.798. The van der Waals surface area contributed by atoms with Crippen molar-refractivity contribution in [1.29, 1.82) is 0 Å². The van der Waals surface area contributed by atoms with Crippen LogP contribution in [0.2, 0.25) is 0 Å². The van der Waals surface area contributed by atoms with E-state index >= 15 is 0 Å². The number of nitrogens with one attached hydrogen (secondary N) is 2. The van der Waals surface area contributed by atoms with E-state index in [0.717, 1.165) is 30.2 Å². The maximum atomic E-state index is 5.72. The molecule has 0 unspecified atom stereocenters. The van der Waals surface area contributed by atoms with Crippen molar-refractivity contribution in [2.75, 3.05) is 12.0 Å². The van der Waals surface area contributed by atoms with Gasteiger partial charge in [0.05, 0.1) is 13.2 Å². The monoisotopic (exact) mass is 278 g/mol. The number of rotatable bonds is 6. The number of hydrogen-bond donors (Lipinski definition) is 2. The van der Waals surface area contributed by atoms with Gasteiger partial charge in [-0.25, -0.2) is 4.68 Å². The van der Waals surface area contributed by atoms with Crippen molar-refractivity contribution < 1.29 is 4.74 Å². The van der Waals surface area contributed by atoms with E-state index < -0.39 is 0 Å². The van der Waals surface area contributed by atoms with Crippen LogP contribution < -0.4 is 10.2 Å². The minimum atomic E-state index is 0.560. The standard InChI is InChI=1S/C13H18N4OS/c1-3-8-18-12-7-5-4-6-11(12)9-14-17-10(2)15-16-13(17)19/h4-7,14H,3,8-9H2,1-2H3,(H,16,19). The van der Waals surface area contributed by atoms with Gasteiger partial charge in [0.25, 0.3) is 0 Å². The highest BCUT2D eigenvalue weighted by Crippen LogP contribution is 2.18. The molecule has 0 aliphatic heterocycles. The van der Waals surface area contributed by atoms with Crippen LogP contribution in [-0.4, -0.2) is 21.5 Å². The lowest BCUT2D eigenvalue weighted by Crippen LogP contribution is -2.16. The van der Waals surface area contributed by atoms with Crippen LogP contribution in [0.1, 0.15) is 24.7 Å². The highest BCUT2D eigenvalue weighted by Gasteiger charge is 2.04. The molecule has 2 aromatic rings. The number of ether oxygens (including phenoxy) is 1. The molecular weight excluding hydrogens is 260 g/mol. The maximum absolute atomic E-state index is 5.72. The Bertz CT molecular complexity index is 590. The van der Waals surface area contributed by atoms with E-state index in [2.05, 4.69) is 22.5 Å². The van der Waals surface area contributed by atoms with Gasteiger partial charge in [0.2, 0.25) is 4.77 Å². The molecule has 1 aromatic heterocycles. The van der Waals surface area contributed by atoms with Gasteiger partial charge in [0.15, 0.2) is 0 Å². The summed E-state index contributed by atoms with van der Waals surface area (Å²) in [6.45, 7) is 5.34. The number of hydrogen-bond acceptors (Lipinski definition) is 4. The second-order valence-electron chi connectivity index (χ2n) is 4.20. The fraction of sp³-hybridized carbons (Fsp3) is 0.385. The van der Waals surface area contributed by atoms with Gasteiger partial charge in [-0.1, -0.05) is 25.1 Å². The molecule has 0 aliphatic carbocycles. The van der Waals surface area contributed by atoms with Gasteiger partial charge in [-0.2, -0.15) is 5.10 Å². The Morgan fingerprint density at radius 1 is 1.42 bits per heavy atom. The summed E-state index contributed by atoms with van der Waals surface area (Å²) in [6.07, 6.45) is 0.994. The molecule has 0 amide bonds. The normalized spacial score (nSPS) is 10.4. The summed E-state index contributed by atoms with van der Waals surface area (Å²) in [5.74, 6) is 1.71. The molecule has 1 aromatic carbocycles. The Balaban J connectivity index is 2.09. The number of para-hydroxylation sites is 1. The summed E-state index contributed by atoms with van der Waals surface area (Å²) in [6, 6.07) is 7.99. The SMILES string of the molecule is CCCOc1ccccc1CNn1c(C)n[nH]c1=S. The van der Waals surface area contributed by atoms with Gasteiger partial charge < -0.3 is 10.2 Å². The second kappa shape index (κ2) is 6.38. The number of aromatic amines is 1. The van der Waals surface area contributed by atoms with Gasteiger partial charge in [-0.05, 0) is 31.6 Å². The van der Waals surface area contributed by atoms with E-state index in [-0.39, 0.29) is 0 Å². The molecule has 0 radical (unpaired) electrons. The van der Waals surface area contributed by atoms with Crippen LogP contribution in [0.25, 0.3) is 0 Å². The number of H-pyrrole nitrogens is 1. The molecule has 2 rings (SSSR count). The fourth-order valence-electron chi connectivity index (χ4n) is 1.73. The zero-order valence-corrected chi connectivity index (χ0v) is 12.0. The number of aryl methyl sites for hydroxylation is 1. The molecule has 19 heavy (non-hydrogen) atoms. The van der Waals surface area contributed by atoms with Gasteiger partial charge in [0.1, 0.15) is 11.6 Å². The van der Waals surface area contributed by atoms with Crippen LogP contribution in [0.3, 0.4) is 0 Å². The van der Waals surface area contributed by atoms with Gasteiger partial charge in [0, 0.05) is 5.56 Å². The van der Waals surface area contributed by atoms with E-state index in [4.69, 9.17) is 17.0 Å². The number of nitrogens with zero attached hydrogens (tertiary/aromatic N) is 2. The fourth-order valence-corrected chi connectivity index (χ4v) is 1.97. The van der Waals surface area contributed by atoms with Crippen molar-refractivity contribution in [1.82, 2.24) is 14.9 Å². The van der Waals surface area contributed by atoms with E-state index in [1.54, 1.807) is 4.68 Å². The van der Waals surface area contributed by atoms with Crippen LogP contribution in [-0.2, 0) is 6.54 Å². The van der Waals surface area contributed by atoms with E-state index in [9.17, 15) is 0 Å². The molecule has 0 spiro atoms. The first kappa shape index (κ1) is 13.6. The van der Waals surface area contributed by atoms with Crippen LogP contribution in [0.5, 0.6) is 5.75 Å². The predicted molar refractivity (Wildman–Crippen MR) is 77.4 cm³/mol. The van der Waals surface area contributed by atoms with Crippen molar-refractivity contribution in [2.45, 2.75) is 26.8 Å². The molecule has 5 nitrogen and oxygen atoms in total. The second-order valence-corrected chi connectivity index (χ2v) is 4.59. The van der Waals surface area contributed by atoms with Crippen molar-refractivity contribution in [3.8, 4) is 5.75 Å². The van der Waals surface area contributed by atoms with Gasteiger partial charge in [-0.15, -0.1) is 0 Å². The summed E-state index contributed by atoms with van der Waals surface area (Å²) >= 11 is 5.14. The zero-order chi connectivity index (χ0) is 13.7. The van der Waals surface area contributed by atoms with Crippen LogP contribution in [0.15, 0.2) is 24.3 Å². The largest absolute Gasteiger partial charge is 0.493 e. The summed E-state index contributed by atoms with van der Waals surface area (Å²) in [7, 11) is 0. The molecule has 0 atom stereocenters. The minimum absolute atomic E-state index is 0.560. The third-order valence-electron chi connectivity index (χ3n) is 2.70. The van der Waals surface area contributed by atoms with E-state index in [1.807, 2.05) is 31.2 Å². The first-order chi connectivity index (χ1) is 9.22. The third-order valence-corrected chi connectivity index (χ3v) is 2.98. The van der Waals surface area contributed by atoms with Gasteiger partial charge >= 0.3 is 0 Å². The molecule has 1 heterocycles. The first-order valence-corrected chi connectivity index (χ1v) is 6.71. The molecule has 102 valence electrons. The van der Waals surface area contributed by atoms with Crippen molar-refractivity contribution >= 4 is 12.2 Å². The lowest BCUT2D eigenvalue weighted by molar-refractivity contribution is 0.314. The molecule has 0 saturated carbocycles. The molecular formula is C13H18N4OS. The number of benzene rings is 1. The third kappa shape index (κ3) is 3.35. The summed E-state index contributed by atoms with van der Waals surface area (Å²) in [4.78, 5) is 0. The highest BCUT2D eigenvalue weighted by molar-refractivity contribution is 7.71. The lowest BCUT2D eigenvalue weighted by Gasteiger charge is -2.13.